The SMILES string of the molecule is O=C([C@H]1CCS(=O)(=O)C1)N(C1CCCC1)C1CC1. The second-order valence-corrected chi connectivity index (χ2v) is 8.24. The monoisotopic (exact) mass is 271 g/mol. The maximum atomic E-state index is 12.6. The van der Waals surface area contributed by atoms with Crippen molar-refractivity contribution in [2.45, 2.75) is 57.0 Å². The lowest BCUT2D eigenvalue weighted by molar-refractivity contribution is -0.137. The van der Waals surface area contributed by atoms with E-state index < -0.39 is 9.84 Å². The Balaban J connectivity index is 1.72. The molecule has 0 aromatic carbocycles. The molecule has 0 N–H and O–H groups in total. The molecule has 3 fully saturated rings. The molecule has 4 nitrogen and oxygen atoms in total. The Kier molecular flexibility index (Phi) is 3.12. The number of sulfone groups is 1. The highest BCUT2D eigenvalue weighted by Crippen LogP contribution is 2.36. The summed E-state index contributed by atoms with van der Waals surface area (Å²) >= 11 is 0. The minimum atomic E-state index is -2.95. The average molecular weight is 271 g/mol. The van der Waals surface area contributed by atoms with E-state index in [-0.39, 0.29) is 23.3 Å². The predicted molar refractivity (Wildman–Crippen MR) is 68.9 cm³/mol. The number of carbonyl (C=O) groups excluding carboxylic acids is 1. The van der Waals surface area contributed by atoms with Crippen molar-refractivity contribution < 1.29 is 13.2 Å². The molecular formula is C13H21NO3S. The van der Waals surface area contributed by atoms with Gasteiger partial charge in [-0.15, -0.1) is 0 Å². The van der Waals surface area contributed by atoms with Crippen LogP contribution in [-0.2, 0) is 14.6 Å². The topological polar surface area (TPSA) is 54.5 Å². The second kappa shape index (κ2) is 4.51. The van der Waals surface area contributed by atoms with Crippen LogP contribution in [0.4, 0.5) is 0 Å². The summed E-state index contributed by atoms with van der Waals surface area (Å²) in [6, 6.07) is 0.817. The van der Waals surface area contributed by atoms with Crippen LogP contribution in [0, 0.1) is 5.92 Å². The van der Waals surface area contributed by atoms with Gasteiger partial charge in [0.1, 0.15) is 0 Å². The fourth-order valence-electron chi connectivity index (χ4n) is 3.39. The standard InChI is InChI=1S/C13H21NO3S/c15-13(10-7-8-18(16,17)9-10)14(12-5-6-12)11-3-1-2-4-11/h10-12H,1-9H2/t10-/m0/s1. The van der Waals surface area contributed by atoms with Gasteiger partial charge in [-0.3, -0.25) is 4.79 Å². The maximum absolute atomic E-state index is 12.6. The number of rotatable bonds is 3. The largest absolute Gasteiger partial charge is 0.336 e. The first-order chi connectivity index (χ1) is 8.57. The molecule has 0 radical (unpaired) electrons. The molecule has 2 aliphatic carbocycles. The molecule has 0 spiro atoms. The van der Waals surface area contributed by atoms with E-state index >= 15 is 0 Å². The van der Waals surface area contributed by atoms with E-state index in [9.17, 15) is 13.2 Å². The molecule has 1 saturated heterocycles. The second-order valence-electron chi connectivity index (χ2n) is 6.01. The average Bonchev–Trinajstić information content (AvgIpc) is 2.86. The van der Waals surface area contributed by atoms with Crippen LogP contribution in [0.5, 0.6) is 0 Å². The molecule has 0 bridgehead atoms. The van der Waals surface area contributed by atoms with Gasteiger partial charge >= 0.3 is 0 Å². The van der Waals surface area contributed by atoms with E-state index in [1.54, 1.807) is 0 Å². The zero-order valence-electron chi connectivity index (χ0n) is 10.7. The number of hydrogen-bond donors (Lipinski definition) is 0. The minimum absolute atomic E-state index is 0.0851. The van der Waals surface area contributed by atoms with Crippen molar-refractivity contribution in [3.63, 3.8) is 0 Å². The first-order valence-electron chi connectivity index (χ1n) is 7.09. The maximum Gasteiger partial charge on any atom is 0.227 e. The van der Waals surface area contributed by atoms with Crippen molar-refractivity contribution in [1.29, 1.82) is 0 Å². The van der Waals surface area contributed by atoms with Crippen molar-refractivity contribution in [3.05, 3.63) is 0 Å². The van der Waals surface area contributed by atoms with Crippen molar-refractivity contribution >= 4 is 15.7 Å². The fraction of sp³-hybridized carbons (Fsp3) is 0.923. The summed E-state index contributed by atoms with van der Waals surface area (Å²) in [5.41, 5.74) is 0. The molecule has 3 rings (SSSR count). The fourth-order valence-corrected chi connectivity index (χ4v) is 5.13. The molecule has 0 unspecified atom stereocenters. The lowest BCUT2D eigenvalue weighted by Gasteiger charge is -2.31. The molecule has 1 heterocycles. The summed E-state index contributed by atoms with van der Waals surface area (Å²) in [4.78, 5) is 14.6. The van der Waals surface area contributed by atoms with Crippen molar-refractivity contribution in [2.75, 3.05) is 11.5 Å². The molecule has 2 saturated carbocycles. The molecule has 1 atom stereocenters. The Morgan fingerprint density at radius 2 is 1.56 bits per heavy atom. The van der Waals surface area contributed by atoms with E-state index in [1.165, 1.54) is 12.8 Å². The molecule has 18 heavy (non-hydrogen) atoms. The lowest BCUT2D eigenvalue weighted by atomic mass is 10.1. The lowest BCUT2D eigenvalue weighted by Crippen LogP contribution is -2.44. The van der Waals surface area contributed by atoms with Crippen LogP contribution in [0.2, 0.25) is 0 Å². The van der Waals surface area contributed by atoms with Crippen LogP contribution in [0.1, 0.15) is 44.9 Å². The van der Waals surface area contributed by atoms with Crippen molar-refractivity contribution in [2.24, 2.45) is 5.92 Å². The highest BCUT2D eigenvalue weighted by molar-refractivity contribution is 7.91. The molecule has 1 amide bonds. The minimum Gasteiger partial charge on any atom is -0.336 e. The van der Waals surface area contributed by atoms with Gasteiger partial charge in [0.2, 0.25) is 5.91 Å². The van der Waals surface area contributed by atoms with Crippen LogP contribution < -0.4 is 0 Å². The summed E-state index contributed by atoms with van der Waals surface area (Å²) in [6.45, 7) is 0. The normalized spacial score (nSPS) is 31.7. The third kappa shape index (κ3) is 2.42. The summed E-state index contributed by atoms with van der Waals surface area (Å²) in [5, 5.41) is 0. The molecule has 0 aromatic rings. The summed E-state index contributed by atoms with van der Waals surface area (Å²) in [6.07, 6.45) is 7.41. The zero-order chi connectivity index (χ0) is 12.8. The van der Waals surface area contributed by atoms with E-state index in [0.717, 1.165) is 25.7 Å². The number of carbonyl (C=O) groups is 1. The van der Waals surface area contributed by atoms with Gasteiger partial charge in [0, 0.05) is 12.1 Å². The van der Waals surface area contributed by atoms with Crippen LogP contribution >= 0.6 is 0 Å². The predicted octanol–water partition coefficient (Wildman–Crippen LogP) is 1.35. The van der Waals surface area contributed by atoms with Gasteiger partial charge < -0.3 is 4.90 Å². The van der Waals surface area contributed by atoms with E-state index in [1.807, 2.05) is 0 Å². The third-order valence-electron chi connectivity index (χ3n) is 4.49. The number of nitrogens with zero attached hydrogens (tertiary/aromatic N) is 1. The highest BCUT2D eigenvalue weighted by Gasteiger charge is 2.43. The van der Waals surface area contributed by atoms with Crippen LogP contribution in [0.15, 0.2) is 0 Å². The number of amides is 1. The first kappa shape index (κ1) is 12.5. The van der Waals surface area contributed by atoms with Crippen LogP contribution in [-0.4, -0.2) is 42.8 Å². The van der Waals surface area contributed by atoms with Gasteiger partial charge in [-0.05, 0) is 32.1 Å². The zero-order valence-corrected chi connectivity index (χ0v) is 11.5. The van der Waals surface area contributed by atoms with Crippen molar-refractivity contribution in [1.82, 2.24) is 4.90 Å². The van der Waals surface area contributed by atoms with E-state index in [0.29, 0.717) is 18.5 Å². The van der Waals surface area contributed by atoms with Crippen LogP contribution in [0.25, 0.3) is 0 Å². The Bertz CT molecular complexity index is 435. The van der Waals surface area contributed by atoms with Gasteiger partial charge in [0.05, 0.1) is 17.4 Å². The summed E-state index contributed by atoms with van der Waals surface area (Å²) in [5.74, 6) is 0.163. The van der Waals surface area contributed by atoms with Gasteiger partial charge in [0.25, 0.3) is 0 Å². The van der Waals surface area contributed by atoms with Gasteiger partial charge in [-0.1, -0.05) is 12.8 Å². The Morgan fingerprint density at radius 3 is 2.06 bits per heavy atom. The molecular weight excluding hydrogens is 250 g/mol. The van der Waals surface area contributed by atoms with Gasteiger partial charge in [-0.25, -0.2) is 8.42 Å². The summed E-state index contributed by atoms with van der Waals surface area (Å²) < 4.78 is 23.0. The van der Waals surface area contributed by atoms with Crippen LogP contribution in [0.3, 0.4) is 0 Å². The first-order valence-corrected chi connectivity index (χ1v) is 8.91. The van der Waals surface area contributed by atoms with E-state index in [4.69, 9.17) is 0 Å². The molecule has 102 valence electrons. The Labute approximate surface area is 109 Å². The van der Waals surface area contributed by atoms with Gasteiger partial charge in [0.15, 0.2) is 9.84 Å². The quantitative estimate of drug-likeness (QED) is 0.778. The smallest absolute Gasteiger partial charge is 0.227 e. The third-order valence-corrected chi connectivity index (χ3v) is 6.26. The van der Waals surface area contributed by atoms with Crippen molar-refractivity contribution in [3.8, 4) is 0 Å². The number of hydrogen-bond acceptors (Lipinski definition) is 3. The molecule has 0 aromatic heterocycles. The highest BCUT2D eigenvalue weighted by atomic mass is 32.2. The Morgan fingerprint density at radius 1 is 0.944 bits per heavy atom. The van der Waals surface area contributed by atoms with E-state index in [2.05, 4.69) is 4.90 Å². The molecule has 3 aliphatic rings. The van der Waals surface area contributed by atoms with Gasteiger partial charge in [-0.2, -0.15) is 0 Å². The molecule has 5 heteroatoms. The Hall–Kier alpha value is -0.580. The summed E-state index contributed by atoms with van der Waals surface area (Å²) in [7, 11) is -2.95. The molecule has 1 aliphatic heterocycles.